The van der Waals surface area contributed by atoms with E-state index in [0.717, 1.165) is 43.2 Å². The van der Waals surface area contributed by atoms with E-state index >= 15 is 0 Å². The predicted octanol–water partition coefficient (Wildman–Crippen LogP) is 1.83. The average Bonchev–Trinajstić information content (AvgIpc) is 3.10. The van der Waals surface area contributed by atoms with Crippen molar-refractivity contribution in [2.75, 3.05) is 31.9 Å². The van der Waals surface area contributed by atoms with Crippen LogP contribution in [0.2, 0.25) is 0 Å². The van der Waals surface area contributed by atoms with Gasteiger partial charge in [-0.05, 0) is 35.6 Å². The minimum absolute atomic E-state index is 0.277. The topological polar surface area (TPSA) is 32.3 Å². The monoisotopic (exact) mass is 294 g/mol. The molecule has 2 atom stereocenters. The average molecular weight is 294 g/mol. The number of nitrogens with zero attached hydrogens (tertiary/aromatic N) is 1. The number of carbonyl (C=O) groups excluding carboxylic acids is 1. The first-order valence-corrected chi connectivity index (χ1v) is 8.97. The van der Waals surface area contributed by atoms with Gasteiger partial charge in [0, 0.05) is 36.8 Å². The Morgan fingerprint density at radius 1 is 1.32 bits per heavy atom. The molecule has 4 rings (SSSR count). The van der Waals surface area contributed by atoms with E-state index in [2.05, 4.69) is 16.3 Å². The van der Waals surface area contributed by atoms with E-state index in [0.29, 0.717) is 11.8 Å². The third kappa shape index (κ3) is 2.12. The molecule has 0 aliphatic carbocycles. The van der Waals surface area contributed by atoms with E-state index in [1.807, 2.05) is 11.8 Å². The van der Waals surface area contributed by atoms with Crippen molar-refractivity contribution in [1.82, 2.24) is 10.2 Å². The van der Waals surface area contributed by atoms with Gasteiger partial charge in [-0.15, -0.1) is 11.3 Å². The number of carbonyl (C=O) groups is 1. The standard InChI is InChI=1S/C14H18N2OS2/c17-14(16-6-10-4-15-5-11(10)7-16)13-3-9-8-18-2-1-12(9)19-13/h3,10-11,15H,1-2,4-8H2. The Bertz CT molecular complexity index is 478. The molecule has 1 amide bonds. The number of thiophene rings is 1. The van der Waals surface area contributed by atoms with Gasteiger partial charge in [-0.3, -0.25) is 4.79 Å². The van der Waals surface area contributed by atoms with E-state index in [9.17, 15) is 4.79 Å². The van der Waals surface area contributed by atoms with Gasteiger partial charge in [0.25, 0.3) is 5.91 Å². The molecular weight excluding hydrogens is 276 g/mol. The first kappa shape index (κ1) is 12.2. The van der Waals surface area contributed by atoms with Crippen LogP contribution in [0.4, 0.5) is 0 Å². The van der Waals surface area contributed by atoms with Crippen molar-refractivity contribution in [2.24, 2.45) is 11.8 Å². The number of nitrogens with one attached hydrogen (secondary N) is 1. The Balaban J connectivity index is 1.53. The van der Waals surface area contributed by atoms with E-state index in [1.54, 1.807) is 11.3 Å². The van der Waals surface area contributed by atoms with Gasteiger partial charge in [0.1, 0.15) is 0 Å². The lowest BCUT2D eigenvalue weighted by atomic mass is 10.0. The molecule has 102 valence electrons. The lowest BCUT2D eigenvalue weighted by molar-refractivity contribution is 0.0786. The molecule has 0 saturated carbocycles. The number of thioether (sulfide) groups is 1. The van der Waals surface area contributed by atoms with Crippen LogP contribution in [0.25, 0.3) is 0 Å². The molecule has 2 saturated heterocycles. The van der Waals surface area contributed by atoms with Crippen LogP contribution < -0.4 is 5.32 Å². The lowest BCUT2D eigenvalue weighted by Crippen LogP contribution is -2.31. The Kier molecular flexibility index (Phi) is 3.09. The zero-order chi connectivity index (χ0) is 12.8. The second-order valence-corrected chi connectivity index (χ2v) is 7.99. The van der Waals surface area contributed by atoms with Gasteiger partial charge in [-0.25, -0.2) is 0 Å². The van der Waals surface area contributed by atoms with E-state index < -0.39 is 0 Å². The first-order valence-electron chi connectivity index (χ1n) is 7.00. The fourth-order valence-electron chi connectivity index (χ4n) is 3.43. The summed E-state index contributed by atoms with van der Waals surface area (Å²) in [6.07, 6.45) is 1.15. The largest absolute Gasteiger partial charge is 0.337 e. The summed E-state index contributed by atoms with van der Waals surface area (Å²) < 4.78 is 0. The van der Waals surface area contributed by atoms with Gasteiger partial charge in [-0.1, -0.05) is 0 Å². The molecule has 3 aliphatic rings. The highest BCUT2D eigenvalue weighted by atomic mass is 32.2. The van der Waals surface area contributed by atoms with Crippen LogP contribution in [0.15, 0.2) is 6.07 Å². The van der Waals surface area contributed by atoms with Crippen LogP contribution in [-0.4, -0.2) is 42.7 Å². The fourth-order valence-corrected chi connectivity index (χ4v) is 5.77. The number of rotatable bonds is 1. The van der Waals surface area contributed by atoms with Crippen LogP contribution in [0.5, 0.6) is 0 Å². The molecule has 2 fully saturated rings. The summed E-state index contributed by atoms with van der Waals surface area (Å²) in [7, 11) is 0. The van der Waals surface area contributed by atoms with E-state index in [1.165, 1.54) is 16.2 Å². The van der Waals surface area contributed by atoms with Gasteiger partial charge < -0.3 is 10.2 Å². The van der Waals surface area contributed by atoms with Crippen molar-refractivity contribution in [1.29, 1.82) is 0 Å². The number of hydrogen-bond acceptors (Lipinski definition) is 4. The number of hydrogen-bond donors (Lipinski definition) is 1. The van der Waals surface area contributed by atoms with Crippen molar-refractivity contribution >= 4 is 29.0 Å². The predicted molar refractivity (Wildman–Crippen MR) is 79.9 cm³/mol. The molecule has 0 spiro atoms. The van der Waals surface area contributed by atoms with Crippen LogP contribution in [0, 0.1) is 11.8 Å². The lowest BCUT2D eigenvalue weighted by Gasteiger charge is -2.16. The van der Waals surface area contributed by atoms with Gasteiger partial charge in [0.05, 0.1) is 4.88 Å². The number of likely N-dealkylation sites (tertiary alicyclic amines) is 1. The Labute approximate surface area is 121 Å². The van der Waals surface area contributed by atoms with Crippen LogP contribution in [0.1, 0.15) is 20.1 Å². The molecule has 3 nitrogen and oxygen atoms in total. The van der Waals surface area contributed by atoms with Crippen molar-refractivity contribution < 1.29 is 4.79 Å². The van der Waals surface area contributed by atoms with Gasteiger partial charge in [-0.2, -0.15) is 11.8 Å². The van der Waals surface area contributed by atoms with Crippen molar-refractivity contribution in [3.8, 4) is 0 Å². The summed E-state index contributed by atoms with van der Waals surface area (Å²) in [4.78, 5) is 17.1. The van der Waals surface area contributed by atoms with Gasteiger partial charge in [0.15, 0.2) is 0 Å². The maximum absolute atomic E-state index is 12.6. The SMILES string of the molecule is O=C(c1cc2c(s1)CCSC2)N1CC2CNCC2C1. The molecule has 19 heavy (non-hydrogen) atoms. The zero-order valence-electron chi connectivity index (χ0n) is 10.9. The highest BCUT2D eigenvalue weighted by Crippen LogP contribution is 2.34. The number of amides is 1. The highest BCUT2D eigenvalue weighted by molar-refractivity contribution is 7.98. The fraction of sp³-hybridized carbons (Fsp3) is 0.643. The van der Waals surface area contributed by atoms with Gasteiger partial charge >= 0.3 is 0 Å². The second kappa shape index (κ2) is 4.79. The molecule has 2 unspecified atom stereocenters. The summed E-state index contributed by atoms with van der Waals surface area (Å²) in [5.41, 5.74) is 1.41. The second-order valence-electron chi connectivity index (χ2n) is 5.75. The van der Waals surface area contributed by atoms with Crippen molar-refractivity contribution in [3.63, 3.8) is 0 Å². The highest BCUT2D eigenvalue weighted by Gasteiger charge is 2.38. The van der Waals surface area contributed by atoms with E-state index in [4.69, 9.17) is 0 Å². The maximum atomic E-state index is 12.6. The molecule has 3 aliphatic heterocycles. The first-order chi connectivity index (χ1) is 9.31. The minimum Gasteiger partial charge on any atom is -0.337 e. The summed E-state index contributed by atoms with van der Waals surface area (Å²) >= 11 is 3.72. The Morgan fingerprint density at radius 3 is 2.84 bits per heavy atom. The molecule has 1 aromatic rings. The molecule has 1 N–H and O–H groups in total. The van der Waals surface area contributed by atoms with Crippen LogP contribution >= 0.6 is 23.1 Å². The zero-order valence-corrected chi connectivity index (χ0v) is 12.5. The molecule has 0 bridgehead atoms. The smallest absolute Gasteiger partial charge is 0.263 e. The van der Waals surface area contributed by atoms with E-state index in [-0.39, 0.29) is 5.91 Å². The third-order valence-electron chi connectivity index (χ3n) is 4.52. The molecule has 4 heterocycles. The van der Waals surface area contributed by atoms with Gasteiger partial charge in [0.2, 0.25) is 0 Å². The van der Waals surface area contributed by atoms with Crippen molar-refractivity contribution in [3.05, 3.63) is 21.4 Å². The Hall–Kier alpha value is -0.520. The number of fused-ring (bicyclic) bond motifs is 2. The molecule has 0 radical (unpaired) electrons. The Morgan fingerprint density at radius 2 is 2.11 bits per heavy atom. The van der Waals surface area contributed by atoms with Crippen LogP contribution in [-0.2, 0) is 12.2 Å². The normalized spacial score (nSPS) is 29.4. The summed E-state index contributed by atoms with van der Waals surface area (Å²) in [6, 6.07) is 2.15. The molecule has 0 aromatic carbocycles. The minimum atomic E-state index is 0.277. The molecule has 5 heteroatoms. The van der Waals surface area contributed by atoms with Crippen LogP contribution in [0.3, 0.4) is 0 Å². The maximum Gasteiger partial charge on any atom is 0.263 e. The molecular formula is C14H18N2OS2. The summed E-state index contributed by atoms with van der Waals surface area (Å²) in [5.74, 6) is 3.96. The molecule has 1 aromatic heterocycles. The summed E-state index contributed by atoms with van der Waals surface area (Å²) in [6.45, 7) is 4.08. The van der Waals surface area contributed by atoms with Crippen molar-refractivity contribution in [2.45, 2.75) is 12.2 Å². The third-order valence-corrected chi connectivity index (χ3v) is 6.75. The number of aryl methyl sites for hydroxylation is 1. The summed E-state index contributed by atoms with van der Waals surface area (Å²) in [5, 5.41) is 3.43. The quantitative estimate of drug-likeness (QED) is 0.857.